The topological polar surface area (TPSA) is 48.0 Å². The Hall–Kier alpha value is -0.610. The molecule has 0 aliphatic carbocycles. The minimum absolute atomic E-state index is 0.0374. The lowest BCUT2D eigenvalue weighted by atomic mass is 10.3. The highest BCUT2D eigenvalue weighted by atomic mass is 32.1. The maximum Gasteiger partial charge on any atom is 0.307 e. The Balaban J connectivity index is 3.06. The number of thiazole rings is 1. The summed E-state index contributed by atoms with van der Waals surface area (Å²) in [5.74, 6) is 0. The number of nitrogens with two attached hydrogens (primary N) is 1. The SMILES string of the molecule is Cc1sc(=O)n(CC(C)N)c1C. The van der Waals surface area contributed by atoms with Crippen molar-refractivity contribution in [2.45, 2.75) is 33.4 Å². The summed E-state index contributed by atoms with van der Waals surface area (Å²) in [7, 11) is 0. The normalized spacial score (nSPS) is 13.3. The minimum Gasteiger partial charge on any atom is -0.326 e. The average molecular weight is 186 g/mol. The standard InChI is InChI=1S/C8H14N2OS/c1-5(9)4-10-6(2)7(3)12-8(10)11/h5H,4,9H2,1-3H3. The fourth-order valence-electron chi connectivity index (χ4n) is 1.09. The van der Waals surface area contributed by atoms with E-state index in [0.717, 1.165) is 10.6 Å². The van der Waals surface area contributed by atoms with Crippen LogP contribution in [0.25, 0.3) is 0 Å². The monoisotopic (exact) mass is 186 g/mol. The summed E-state index contributed by atoms with van der Waals surface area (Å²) in [6.45, 7) is 6.43. The summed E-state index contributed by atoms with van der Waals surface area (Å²) in [6.07, 6.45) is 0. The highest BCUT2D eigenvalue weighted by Gasteiger charge is 2.07. The fraction of sp³-hybridized carbons (Fsp3) is 0.625. The lowest BCUT2D eigenvalue weighted by Gasteiger charge is -2.07. The molecule has 0 fully saturated rings. The number of aryl methyl sites for hydroxylation is 1. The van der Waals surface area contributed by atoms with Gasteiger partial charge in [-0.3, -0.25) is 4.79 Å². The predicted molar refractivity (Wildman–Crippen MR) is 51.7 cm³/mol. The summed E-state index contributed by atoms with van der Waals surface area (Å²) in [5, 5.41) is 0. The summed E-state index contributed by atoms with van der Waals surface area (Å²) >= 11 is 1.29. The molecule has 1 aromatic heterocycles. The van der Waals surface area contributed by atoms with E-state index in [2.05, 4.69) is 0 Å². The fourth-order valence-corrected chi connectivity index (χ4v) is 1.93. The molecule has 1 heterocycles. The number of hydrogen-bond donors (Lipinski definition) is 1. The number of aromatic nitrogens is 1. The van der Waals surface area contributed by atoms with Gasteiger partial charge in [0.15, 0.2) is 0 Å². The molecule has 0 aliphatic heterocycles. The molecule has 0 spiro atoms. The Kier molecular flexibility index (Phi) is 2.69. The van der Waals surface area contributed by atoms with Crippen molar-refractivity contribution in [3.63, 3.8) is 0 Å². The van der Waals surface area contributed by atoms with Crippen LogP contribution in [-0.4, -0.2) is 10.6 Å². The van der Waals surface area contributed by atoms with Gasteiger partial charge < -0.3 is 10.3 Å². The van der Waals surface area contributed by atoms with E-state index in [9.17, 15) is 4.79 Å². The van der Waals surface area contributed by atoms with Crippen LogP contribution in [0.2, 0.25) is 0 Å². The van der Waals surface area contributed by atoms with Gasteiger partial charge in [-0.25, -0.2) is 0 Å². The third-order valence-corrected chi connectivity index (χ3v) is 2.84. The first-order chi connectivity index (χ1) is 5.52. The maximum atomic E-state index is 11.3. The lowest BCUT2D eigenvalue weighted by molar-refractivity contribution is 0.571. The first-order valence-corrected chi connectivity index (χ1v) is 4.76. The highest BCUT2D eigenvalue weighted by molar-refractivity contribution is 7.09. The van der Waals surface area contributed by atoms with Gasteiger partial charge in [-0.15, -0.1) is 0 Å². The second-order valence-corrected chi connectivity index (χ2v) is 4.26. The van der Waals surface area contributed by atoms with E-state index >= 15 is 0 Å². The van der Waals surface area contributed by atoms with Gasteiger partial charge in [0.1, 0.15) is 0 Å². The van der Waals surface area contributed by atoms with Gasteiger partial charge in [0.2, 0.25) is 0 Å². The summed E-state index contributed by atoms with van der Waals surface area (Å²) in [5.41, 5.74) is 6.66. The summed E-state index contributed by atoms with van der Waals surface area (Å²) in [6, 6.07) is 0.0374. The number of rotatable bonds is 2. The van der Waals surface area contributed by atoms with Crippen LogP contribution in [0.4, 0.5) is 0 Å². The Labute approximate surface area is 75.8 Å². The maximum absolute atomic E-state index is 11.3. The molecule has 1 rings (SSSR count). The zero-order valence-corrected chi connectivity index (χ0v) is 8.44. The van der Waals surface area contributed by atoms with E-state index in [1.165, 1.54) is 11.3 Å². The summed E-state index contributed by atoms with van der Waals surface area (Å²) in [4.78, 5) is 12.5. The van der Waals surface area contributed by atoms with Crippen molar-refractivity contribution < 1.29 is 0 Å². The van der Waals surface area contributed by atoms with Crippen molar-refractivity contribution in [2.75, 3.05) is 0 Å². The van der Waals surface area contributed by atoms with Crippen molar-refractivity contribution >= 4 is 11.3 Å². The Morgan fingerprint density at radius 3 is 2.50 bits per heavy atom. The van der Waals surface area contributed by atoms with Crippen molar-refractivity contribution in [2.24, 2.45) is 5.73 Å². The minimum atomic E-state index is 0.0374. The lowest BCUT2D eigenvalue weighted by Crippen LogP contribution is -2.27. The van der Waals surface area contributed by atoms with Crippen molar-refractivity contribution in [3.05, 3.63) is 20.2 Å². The quantitative estimate of drug-likeness (QED) is 0.745. The summed E-state index contributed by atoms with van der Waals surface area (Å²) < 4.78 is 1.74. The van der Waals surface area contributed by atoms with Crippen LogP contribution in [0.1, 0.15) is 17.5 Å². The molecular weight excluding hydrogens is 172 g/mol. The van der Waals surface area contributed by atoms with Crippen LogP contribution >= 0.6 is 11.3 Å². The zero-order chi connectivity index (χ0) is 9.30. The van der Waals surface area contributed by atoms with E-state index in [-0.39, 0.29) is 10.9 Å². The van der Waals surface area contributed by atoms with E-state index < -0.39 is 0 Å². The smallest absolute Gasteiger partial charge is 0.307 e. The zero-order valence-electron chi connectivity index (χ0n) is 7.63. The van der Waals surface area contributed by atoms with Gasteiger partial charge in [0.25, 0.3) is 0 Å². The van der Waals surface area contributed by atoms with Crippen molar-refractivity contribution in [1.82, 2.24) is 4.57 Å². The largest absolute Gasteiger partial charge is 0.326 e. The highest BCUT2D eigenvalue weighted by Crippen LogP contribution is 2.09. The number of hydrogen-bond acceptors (Lipinski definition) is 3. The van der Waals surface area contributed by atoms with Gasteiger partial charge in [-0.05, 0) is 20.8 Å². The molecule has 12 heavy (non-hydrogen) atoms. The average Bonchev–Trinajstić information content (AvgIpc) is 2.16. The van der Waals surface area contributed by atoms with Crippen LogP contribution in [0, 0.1) is 13.8 Å². The Morgan fingerprint density at radius 2 is 2.17 bits per heavy atom. The van der Waals surface area contributed by atoms with E-state index in [1.54, 1.807) is 4.57 Å². The molecule has 0 aliphatic rings. The molecule has 1 unspecified atom stereocenters. The Bertz CT molecular complexity index is 324. The second-order valence-electron chi connectivity index (χ2n) is 3.10. The molecule has 4 heteroatoms. The first-order valence-electron chi connectivity index (χ1n) is 3.94. The molecule has 0 amide bonds. The molecule has 2 N–H and O–H groups in total. The molecule has 0 bridgehead atoms. The van der Waals surface area contributed by atoms with E-state index in [1.807, 2.05) is 20.8 Å². The third kappa shape index (κ3) is 1.76. The molecular formula is C8H14N2OS. The van der Waals surface area contributed by atoms with Gasteiger partial charge in [-0.2, -0.15) is 0 Å². The van der Waals surface area contributed by atoms with Crippen LogP contribution in [0.3, 0.4) is 0 Å². The molecule has 0 aromatic carbocycles. The van der Waals surface area contributed by atoms with Crippen LogP contribution < -0.4 is 10.6 Å². The van der Waals surface area contributed by atoms with Gasteiger partial charge >= 0.3 is 4.87 Å². The van der Waals surface area contributed by atoms with Gasteiger partial charge in [0.05, 0.1) is 0 Å². The van der Waals surface area contributed by atoms with Gasteiger partial charge in [-0.1, -0.05) is 11.3 Å². The second kappa shape index (κ2) is 3.41. The molecule has 1 atom stereocenters. The third-order valence-electron chi connectivity index (χ3n) is 1.85. The molecule has 0 saturated carbocycles. The molecule has 0 radical (unpaired) electrons. The molecule has 1 aromatic rings. The van der Waals surface area contributed by atoms with E-state index in [0.29, 0.717) is 6.54 Å². The Morgan fingerprint density at radius 1 is 1.58 bits per heavy atom. The molecule has 3 nitrogen and oxygen atoms in total. The van der Waals surface area contributed by atoms with Crippen molar-refractivity contribution in [1.29, 1.82) is 0 Å². The van der Waals surface area contributed by atoms with Gasteiger partial charge in [0, 0.05) is 23.2 Å². The predicted octanol–water partition coefficient (Wildman–Crippen LogP) is 0.874. The van der Waals surface area contributed by atoms with Crippen molar-refractivity contribution in [3.8, 4) is 0 Å². The van der Waals surface area contributed by atoms with E-state index in [4.69, 9.17) is 5.73 Å². The molecule has 0 saturated heterocycles. The van der Waals surface area contributed by atoms with Crippen LogP contribution in [0.15, 0.2) is 4.79 Å². The van der Waals surface area contributed by atoms with Crippen LogP contribution in [0.5, 0.6) is 0 Å². The first kappa shape index (κ1) is 9.48. The van der Waals surface area contributed by atoms with Crippen LogP contribution in [-0.2, 0) is 6.54 Å². The number of nitrogens with zero attached hydrogens (tertiary/aromatic N) is 1. The molecule has 68 valence electrons.